The van der Waals surface area contributed by atoms with Crippen molar-refractivity contribution in [3.63, 3.8) is 0 Å². The van der Waals surface area contributed by atoms with Crippen LogP contribution in [0.5, 0.6) is 11.5 Å². The number of benzene rings is 3. The molecule has 3 aromatic carbocycles. The van der Waals surface area contributed by atoms with Gasteiger partial charge in [-0.05, 0) is 91.6 Å². The van der Waals surface area contributed by atoms with E-state index in [0.29, 0.717) is 24.2 Å². The molecule has 0 radical (unpaired) electrons. The van der Waals surface area contributed by atoms with Crippen LogP contribution >= 0.6 is 0 Å². The Balaban J connectivity index is 1.42. The number of nitrogens with zero attached hydrogens (tertiary/aromatic N) is 2. The molecule has 254 valence electrons. The predicted octanol–water partition coefficient (Wildman–Crippen LogP) is 6.30. The molecule has 1 aliphatic heterocycles. The summed E-state index contributed by atoms with van der Waals surface area (Å²) < 4.78 is 17.4. The highest BCUT2D eigenvalue weighted by Gasteiger charge is 2.39. The molecule has 3 aromatic rings. The Morgan fingerprint density at radius 1 is 0.875 bits per heavy atom. The Morgan fingerprint density at radius 2 is 1.42 bits per heavy atom. The molecule has 14 heteroatoms. The number of carbonyl (C=O) groups excluding carboxylic acids is 3. The van der Waals surface area contributed by atoms with E-state index < -0.39 is 49.3 Å². The van der Waals surface area contributed by atoms with E-state index in [4.69, 9.17) is 13.9 Å². The third kappa shape index (κ3) is 8.97. The summed E-state index contributed by atoms with van der Waals surface area (Å²) in [5, 5.41) is 23.4. The van der Waals surface area contributed by atoms with Crippen molar-refractivity contribution < 1.29 is 43.1 Å². The fraction of sp³-hybridized carbons (Fsp3) is 0.353. The van der Waals surface area contributed by atoms with Gasteiger partial charge < -0.3 is 29.2 Å². The van der Waals surface area contributed by atoms with Crippen LogP contribution in [-0.2, 0) is 4.74 Å². The molecule has 2 atom stereocenters. The van der Waals surface area contributed by atoms with E-state index in [-0.39, 0.29) is 40.7 Å². The molecule has 13 nitrogen and oxygen atoms in total. The number of hydrogen-bond acceptors (Lipinski definition) is 9. The minimum Gasteiger partial charge on any atom is -0.544 e. The number of non-ortho nitro benzene ring substituents is 1. The number of carboxylic acid groups (broad SMARTS) is 1. The van der Waals surface area contributed by atoms with Gasteiger partial charge in [-0.1, -0.05) is 20.8 Å². The average molecular weight is 678 g/mol. The maximum absolute atomic E-state index is 13.3. The highest BCUT2D eigenvalue weighted by molar-refractivity contribution is 6.74. The van der Waals surface area contributed by atoms with Crippen LogP contribution in [0.3, 0.4) is 0 Å². The average Bonchev–Trinajstić information content (AvgIpc) is 3.23. The van der Waals surface area contributed by atoms with E-state index in [9.17, 15) is 34.4 Å². The van der Waals surface area contributed by atoms with Crippen molar-refractivity contribution in [1.29, 1.82) is 0 Å². The smallest absolute Gasteiger partial charge is 0.407 e. The number of amides is 2. The van der Waals surface area contributed by atoms with Crippen molar-refractivity contribution in [3.05, 3.63) is 99.6 Å². The summed E-state index contributed by atoms with van der Waals surface area (Å²) in [6.07, 6.45) is -1.25. The zero-order valence-electron chi connectivity index (χ0n) is 27.4. The minimum atomic E-state index is -2.08. The van der Waals surface area contributed by atoms with Gasteiger partial charge >= 0.3 is 18.0 Å². The number of carbonyl (C=O) groups is 4. The van der Waals surface area contributed by atoms with Crippen LogP contribution in [0.2, 0.25) is 18.1 Å². The Hall–Kier alpha value is -5.24. The highest BCUT2D eigenvalue weighted by atomic mass is 28.4. The maximum Gasteiger partial charge on any atom is 0.407 e. The monoisotopic (exact) mass is 677 g/mol. The number of rotatable bonds is 9. The van der Waals surface area contributed by atoms with Gasteiger partial charge in [0.1, 0.15) is 17.6 Å². The van der Waals surface area contributed by atoms with Gasteiger partial charge in [-0.25, -0.2) is 14.4 Å². The summed E-state index contributed by atoms with van der Waals surface area (Å²) in [5.41, 5.74) is 0.428. The van der Waals surface area contributed by atoms with Crippen LogP contribution < -0.4 is 14.5 Å². The number of nitro benzene ring substituents is 1. The fourth-order valence-corrected chi connectivity index (χ4v) is 5.74. The van der Waals surface area contributed by atoms with Gasteiger partial charge in [0.2, 0.25) is 8.32 Å². The van der Waals surface area contributed by atoms with E-state index in [0.717, 1.165) is 0 Å². The minimum absolute atomic E-state index is 0.00297. The van der Waals surface area contributed by atoms with Gasteiger partial charge in [0.15, 0.2) is 0 Å². The first kappa shape index (κ1) is 35.6. The van der Waals surface area contributed by atoms with Gasteiger partial charge in [0.25, 0.3) is 11.6 Å². The molecule has 4 rings (SSSR count). The summed E-state index contributed by atoms with van der Waals surface area (Å²) >= 11 is 0. The van der Waals surface area contributed by atoms with Gasteiger partial charge in [0, 0.05) is 30.8 Å². The predicted molar refractivity (Wildman–Crippen MR) is 178 cm³/mol. The lowest BCUT2D eigenvalue weighted by Crippen LogP contribution is -2.51. The summed E-state index contributed by atoms with van der Waals surface area (Å²) in [7, 11) is -2.08. The second kappa shape index (κ2) is 14.7. The Morgan fingerprint density at radius 3 is 1.98 bits per heavy atom. The number of hydrogen-bond donors (Lipinski definition) is 2. The van der Waals surface area contributed by atoms with E-state index in [1.807, 2.05) is 0 Å². The molecular weight excluding hydrogens is 638 g/mol. The van der Waals surface area contributed by atoms with Crippen LogP contribution in [0.15, 0.2) is 72.8 Å². The number of nitro groups is 1. The second-order valence-electron chi connectivity index (χ2n) is 13.0. The number of ether oxygens (including phenoxy) is 2. The van der Waals surface area contributed by atoms with Crippen LogP contribution in [0.1, 0.15) is 64.7 Å². The maximum atomic E-state index is 13.3. The largest absolute Gasteiger partial charge is 0.544 e. The van der Waals surface area contributed by atoms with E-state index >= 15 is 0 Å². The van der Waals surface area contributed by atoms with E-state index in [1.165, 1.54) is 53.4 Å². The zero-order chi connectivity index (χ0) is 35.2. The number of nitrogens with one attached hydrogen (secondary N) is 1. The van der Waals surface area contributed by atoms with Crippen LogP contribution in [0.4, 0.5) is 10.5 Å². The lowest BCUT2D eigenvalue weighted by Gasteiger charge is -2.36. The molecule has 0 saturated carbocycles. The second-order valence-corrected chi connectivity index (χ2v) is 17.7. The third-order valence-electron chi connectivity index (χ3n) is 8.54. The summed E-state index contributed by atoms with van der Waals surface area (Å²) in [5.74, 6) is -1.11. The first-order valence-electron chi connectivity index (χ1n) is 15.4. The molecule has 2 amide bonds. The van der Waals surface area contributed by atoms with Gasteiger partial charge in [-0.3, -0.25) is 14.9 Å². The highest BCUT2D eigenvalue weighted by Crippen LogP contribution is 2.37. The molecule has 1 saturated heterocycles. The molecule has 0 spiro atoms. The van der Waals surface area contributed by atoms with Crippen molar-refractivity contribution in [1.82, 2.24) is 10.2 Å². The first-order chi connectivity index (χ1) is 22.5. The lowest BCUT2D eigenvalue weighted by atomic mass is 10.1. The summed E-state index contributed by atoms with van der Waals surface area (Å²) in [4.78, 5) is 62.2. The van der Waals surface area contributed by atoms with Gasteiger partial charge in [-0.2, -0.15) is 0 Å². The van der Waals surface area contributed by atoms with Crippen molar-refractivity contribution in [2.45, 2.75) is 63.9 Å². The van der Waals surface area contributed by atoms with Crippen molar-refractivity contribution in [3.8, 4) is 11.5 Å². The van der Waals surface area contributed by atoms with Gasteiger partial charge in [0.05, 0.1) is 22.1 Å². The van der Waals surface area contributed by atoms with Crippen LogP contribution in [0, 0.1) is 10.1 Å². The Labute approximate surface area is 279 Å². The zero-order valence-corrected chi connectivity index (χ0v) is 28.4. The van der Waals surface area contributed by atoms with Crippen molar-refractivity contribution >= 4 is 37.9 Å². The van der Waals surface area contributed by atoms with E-state index in [1.54, 1.807) is 24.3 Å². The van der Waals surface area contributed by atoms with Crippen LogP contribution in [0.25, 0.3) is 0 Å². The molecule has 1 heterocycles. The standard InChI is InChI=1S/C34H39N3O10Si/c1-34(2,3)48(4,5)47-27-18-10-22(11-19-27)30(38)35-28-21-36(33(41)42)20-6-7-29(28)46-32(40)24-12-16-26(17-13-24)45-31(39)23-8-14-25(15-9-23)37(43)44/h8-19,28-29H,6-7,20-21H2,1-5H3,(H,35,38)(H,41,42). The third-order valence-corrected chi connectivity index (χ3v) is 12.9. The molecule has 0 bridgehead atoms. The molecule has 2 N–H and O–H groups in total. The first-order valence-corrected chi connectivity index (χ1v) is 18.3. The molecule has 48 heavy (non-hydrogen) atoms. The van der Waals surface area contributed by atoms with Crippen molar-refractivity contribution in [2.75, 3.05) is 13.1 Å². The molecule has 1 fully saturated rings. The quantitative estimate of drug-likeness (QED) is 0.0860. The number of esters is 2. The molecule has 2 unspecified atom stereocenters. The van der Waals surface area contributed by atoms with Crippen LogP contribution in [-0.4, -0.2) is 72.4 Å². The Kier molecular flexibility index (Phi) is 10.9. The summed E-state index contributed by atoms with van der Waals surface area (Å²) in [6.45, 7) is 10.8. The Bertz CT molecular complexity index is 1650. The number of likely N-dealkylation sites (tertiary alicyclic amines) is 1. The molecule has 1 aliphatic rings. The van der Waals surface area contributed by atoms with Crippen molar-refractivity contribution in [2.24, 2.45) is 0 Å². The normalized spacial score (nSPS) is 16.6. The molecular formula is C34H39N3O10Si. The summed E-state index contributed by atoms with van der Waals surface area (Å²) in [6, 6.07) is 16.5. The fourth-order valence-electron chi connectivity index (χ4n) is 4.71. The lowest BCUT2D eigenvalue weighted by molar-refractivity contribution is -0.384. The topological polar surface area (TPSA) is 175 Å². The SMILES string of the molecule is CC(C)(C)[Si](C)(C)Oc1ccc(C(=O)NC2CN(C(=O)O)CCCC2OC(=O)c2ccc(OC(=O)c3ccc([N+](=O)[O-])cc3)cc2)cc1. The van der Waals surface area contributed by atoms with E-state index in [2.05, 4.69) is 39.2 Å². The molecule has 0 aromatic heterocycles. The van der Waals surface area contributed by atoms with Gasteiger partial charge in [-0.15, -0.1) is 0 Å². The molecule has 0 aliphatic carbocycles.